The number of sulfonamides is 1. The first-order valence-corrected chi connectivity index (χ1v) is 15.6. The summed E-state index contributed by atoms with van der Waals surface area (Å²) in [5.41, 5.74) is 7.59. The van der Waals surface area contributed by atoms with Gasteiger partial charge in [0, 0.05) is 48.8 Å². The van der Waals surface area contributed by atoms with E-state index >= 15 is 0 Å². The van der Waals surface area contributed by atoms with Gasteiger partial charge in [-0.15, -0.1) is 12.4 Å². The molecule has 2 unspecified atom stereocenters. The summed E-state index contributed by atoms with van der Waals surface area (Å²) in [6.45, 7) is 2.23. The monoisotopic (exact) mass is 562 g/mol. The van der Waals surface area contributed by atoms with E-state index in [1.54, 1.807) is 24.3 Å². The van der Waals surface area contributed by atoms with E-state index in [1.165, 1.54) is 57.1 Å². The van der Waals surface area contributed by atoms with Crippen molar-refractivity contribution in [1.82, 2.24) is 0 Å². The number of benzene rings is 2. The second kappa shape index (κ2) is 11.8. The molecule has 2 saturated heterocycles. The zero-order chi connectivity index (χ0) is 26.0. The molecule has 3 N–H and O–H groups in total. The molecule has 7 nitrogen and oxygen atoms in total. The van der Waals surface area contributed by atoms with Gasteiger partial charge in [-0.2, -0.15) is 0 Å². The Kier molecular flexibility index (Phi) is 8.95. The predicted molar refractivity (Wildman–Crippen MR) is 153 cm³/mol. The molecule has 38 heavy (non-hydrogen) atoms. The summed E-state index contributed by atoms with van der Waals surface area (Å²) in [5, 5.41) is 0. The fourth-order valence-corrected chi connectivity index (χ4v) is 7.82. The third-order valence-corrected chi connectivity index (χ3v) is 9.53. The van der Waals surface area contributed by atoms with Gasteiger partial charge in [0.05, 0.1) is 24.9 Å². The highest BCUT2D eigenvalue weighted by Gasteiger charge is 2.55. The number of anilines is 1. The molecule has 0 radical (unpaired) electrons. The predicted octanol–water partition coefficient (Wildman–Crippen LogP) is 5.60. The summed E-state index contributed by atoms with van der Waals surface area (Å²) in [6, 6.07) is 16.3. The largest absolute Gasteiger partial charge is 0.457 e. The number of ether oxygens (including phenoxy) is 1. The second-order valence-electron chi connectivity index (χ2n) is 11.5. The van der Waals surface area contributed by atoms with Crippen molar-refractivity contribution < 1.29 is 22.4 Å². The average molecular weight is 563 g/mol. The SMILES string of the molecule is CS(=O)(=O)Nc1ccc(Oc2ccc(C[N+]3(CC4CCCCC4)[C@@H]4CC[C@H]3CC(C(N)=O)C4)cc2)cc1.Cl. The van der Waals surface area contributed by atoms with Gasteiger partial charge in [0.25, 0.3) is 0 Å². The number of carbonyl (C=O) groups is 1. The van der Waals surface area contributed by atoms with Crippen LogP contribution < -0.4 is 15.2 Å². The Morgan fingerprint density at radius 3 is 2.00 bits per heavy atom. The van der Waals surface area contributed by atoms with Gasteiger partial charge >= 0.3 is 0 Å². The number of quaternary nitrogens is 1. The normalized spacial score (nSPS) is 27.3. The quantitative estimate of drug-likeness (QED) is 0.389. The zero-order valence-corrected chi connectivity index (χ0v) is 23.8. The average Bonchev–Trinajstić information content (AvgIpc) is 3.02. The number of piperidine rings is 1. The van der Waals surface area contributed by atoms with Crippen molar-refractivity contribution in [2.75, 3.05) is 17.5 Å². The highest BCUT2D eigenvalue weighted by molar-refractivity contribution is 7.92. The number of primary amides is 1. The lowest BCUT2D eigenvalue weighted by Gasteiger charge is -2.51. The summed E-state index contributed by atoms with van der Waals surface area (Å²) in [5.74, 6) is 2.10. The van der Waals surface area contributed by atoms with Gasteiger partial charge in [0.2, 0.25) is 15.9 Å². The van der Waals surface area contributed by atoms with Gasteiger partial charge in [0.1, 0.15) is 18.0 Å². The molecule has 2 bridgehead atoms. The van der Waals surface area contributed by atoms with E-state index in [4.69, 9.17) is 10.5 Å². The number of nitrogens with two attached hydrogens (primary N) is 1. The molecule has 2 heterocycles. The summed E-state index contributed by atoms with van der Waals surface area (Å²) < 4.78 is 32.4. The molecule has 2 aromatic rings. The number of rotatable bonds is 9. The standard InChI is InChI=1S/C29H39N3O4S.ClH/c1-37(34,35)31-24-9-15-28(16-10-24)36-27-13-7-22(8-14-27)20-32(19-21-5-3-2-4-6-21)25-11-12-26(32)18-23(17-25)29(30)33;/h7-10,13-16,21,23,25-26,31H,2-6,11-12,17-20H2,1H3,(H-,30,33);1H/p+1/t23?,25-,26+,32?;. The Bertz CT molecular complexity index is 1180. The van der Waals surface area contributed by atoms with Crippen LogP contribution in [0.2, 0.25) is 0 Å². The molecule has 0 spiro atoms. The summed E-state index contributed by atoms with van der Waals surface area (Å²) >= 11 is 0. The Labute approximate surface area is 233 Å². The van der Waals surface area contributed by atoms with Crippen molar-refractivity contribution in [3.63, 3.8) is 0 Å². The molecule has 1 saturated carbocycles. The number of nitrogens with one attached hydrogen (secondary N) is 1. The lowest BCUT2D eigenvalue weighted by atomic mass is 9.83. The van der Waals surface area contributed by atoms with Crippen LogP contribution in [0, 0.1) is 11.8 Å². The van der Waals surface area contributed by atoms with Crippen molar-refractivity contribution >= 4 is 34.0 Å². The van der Waals surface area contributed by atoms with Crippen LogP contribution in [0.1, 0.15) is 63.4 Å². The highest BCUT2D eigenvalue weighted by atomic mass is 35.5. The van der Waals surface area contributed by atoms with Crippen LogP contribution in [-0.4, -0.2) is 43.7 Å². The van der Waals surface area contributed by atoms with E-state index in [0.29, 0.717) is 23.5 Å². The summed E-state index contributed by atoms with van der Waals surface area (Å²) in [7, 11) is -3.31. The fraction of sp³-hybridized carbons (Fsp3) is 0.552. The van der Waals surface area contributed by atoms with Crippen molar-refractivity contribution in [2.24, 2.45) is 17.6 Å². The van der Waals surface area contributed by atoms with Crippen LogP contribution in [0.15, 0.2) is 48.5 Å². The number of hydrogen-bond acceptors (Lipinski definition) is 4. The van der Waals surface area contributed by atoms with E-state index < -0.39 is 10.0 Å². The number of hydrogen-bond donors (Lipinski definition) is 2. The Balaban J connectivity index is 0.00000336. The lowest BCUT2D eigenvalue weighted by Crippen LogP contribution is -2.62. The zero-order valence-electron chi connectivity index (χ0n) is 22.2. The van der Waals surface area contributed by atoms with Gasteiger partial charge in [-0.1, -0.05) is 19.3 Å². The van der Waals surface area contributed by atoms with Gasteiger partial charge in [-0.3, -0.25) is 9.52 Å². The number of amides is 1. The maximum Gasteiger partial charge on any atom is 0.229 e. The number of halogens is 1. The summed E-state index contributed by atoms with van der Waals surface area (Å²) in [6.07, 6.45) is 12.1. The molecule has 2 aliphatic heterocycles. The first-order chi connectivity index (χ1) is 17.7. The molecule has 1 aliphatic carbocycles. The lowest BCUT2D eigenvalue weighted by molar-refractivity contribution is -0.981. The van der Waals surface area contributed by atoms with Gasteiger partial charge in [-0.25, -0.2) is 8.42 Å². The summed E-state index contributed by atoms with van der Waals surface area (Å²) in [4.78, 5) is 12.1. The van der Waals surface area contributed by atoms with E-state index in [1.807, 2.05) is 12.1 Å². The molecule has 3 aliphatic rings. The van der Waals surface area contributed by atoms with Crippen LogP contribution in [0.5, 0.6) is 11.5 Å². The highest BCUT2D eigenvalue weighted by Crippen LogP contribution is 2.48. The number of fused-ring (bicyclic) bond motifs is 2. The van der Waals surface area contributed by atoms with Crippen molar-refractivity contribution in [2.45, 2.75) is 76.4 Å². The van der Waals surface area contributed by atoms with E-state index in [-0.39, 0.29) is 24.2 Å². The molecular formula is C29H41ClN3O4S+. The maximum absolute atomic E-state index is 12.1. The van der Waals surface area contributed by atoms with Gasteiger partial charge in [-0.05, 0) is 61.4 Å². The Morgan fingerprint density at radius 2 is 1.47 bits per heavy atom. The van der Waals surface area contributed by atoms with Gasteiger partial charge < -0.3 is 15.0 Å². The molecule has 1 amide bonds. The molecule has 2 aromatic carbocycles. The van der Waals surface area contributed by atoms with Crippen molar-refractivity contribution in [1.29, 1.82) is 0 Å². The van der Waals surface area contributed by atoms with Crippen molar-refractivity contribution in [3.8, 4) is 11.5 Å². The molecule has 3 fully saturated rings. The minimum Gasteiger partial charge on any atom is -0.457 e. The maximum atomic E-state index is 12.1. The van der Waals surface area contributed by atoms with Crippen LogP contribution in [0.4, 0.5) is 5.69 Å². The molecular weight excluding hydrogens is 522 g/mol. The minimum absolute atomic E-state index is 0. The Morgan fingerprint density at radius 1 is 0.921 bits per heavy atom. The van der Waals surface area contributed by atoms with E-state index in [2.05, 4.69) is 16.9 Å². The van der Waals surface area contributed by atoms with E-state index in [0.717, 1.165) is 41.8 Å². The topological polar surface area (TPSA) is 98.5 Å². The first-order valence-electron chi connectivity index (χ1n) is 13.7. The van der Waals surface area contributed by atoms with Crippen LogP contribution in [0.25, 0.3) is 0 Å². The number of carbonyl (C=O) groups excluding carboxylic acids is 1. The van der Waals surface area contributed by atoms with Gasteiger partial charge in [0.15, 0.2) is 0 Å². The Hall–Kier alpha value is -2.29. The molecule has 0 aromatic heterocycles. The molecule has 5 rings (SSSR count). The van der Waals surface area contributed by atoms with Crippen molar-refractivity contribution in [3.05, 3.63) is 54.1 Å². The van der Waals surface area contributed by atoms with Crippen LogP contribution in [-0.2, 0) is 21.4 Å². The first kappa shape index (κ1) is 28.7. The third-order valence-electron chi connectivity index (χ3n) is 8.92. The molecule has 208 valence electrons. The fourth-order valence-electron chi connectivity index (χ4n) is 7.25. The van der Waals surface area contributed by atoms with E-state index in [9.17, 15) is 13.2 Å². The molecule has 4 atom stereocenters. The van der Waals surface area contributed by atoms with Crippen LogP contribution in [0.3, 0.4) is 0 Å². The van der Waals surface area contributed by atoms with Crippen LogP contribution >= 0.6 is 12.4 Å². The number of nitrogens with zero attached hydrogens (tertiary/aromatic N) is 1. The molecule has 9 heteroatoms. The third kappa shape index (κ3) is 6.64. The smallest absolute Gasteiger partial charge is 0.229 e. The second-order valence-corrected chi connectivity index (χ2v) is 13.3. The minimum atomic E-state index is -3.31.